The SMILES string of the molecule is CCCN(c1ccccc1)[SiH](C)C. The molecule has 1 aromatic carbocycles. The second-order valence-corrected chi connectivity index (χ2v) is 6.43. The second-order valence-electron chi connectivity index (χ2n) is 3.62. The van der Waals surface area contributed by atoms with Crippen molar-refractivity contribution >= 4 is 14.6 Å². The van der Waals surface area contributed by atoms with Gasteiger partial charge in [0.25, 0.3) is 0 Å². The predicted molar refractivity (Wildman–Crippen MR) is 63.0 cm³/mol. The lowest BCUT2D eigenvalue weighted by Crippen LogP contribution is -2.35. The highest BCUT2D eigenvalue weighted by atomic mass is 28.3. The van der Waals surface area contributed by atoms with Crippen molar-refractivity contribution in [2.45, 2.75) is 26.4 Å². The molecule has 1 aromatic rings. The van der Waals surface area contributed by atoms with Crippen LogP contribution >= 0.6 is 0 Å². The van der Waals surface area contributed by atoms with Gasteiger partial charge in [-0.2, -0.15) is 0 Å². The quantitative estimate of drug-likeness (QED) is 0.665. The molecule has 0 bridgehead atoms. The predicted octanol–water partition coefficient (Wildman–Crippen LogP) is 2.89. The molecule has 0 aliphatic carbocycles. The minimum atomic E-state index is -0.696. The Labute approximate surface area is 83.1 Å². The fourth-order valence-corrected chi connectivity index (χ4v) is 3.09. The third-order valence-electron chi connectivity index (χ3n) is 2.18. The van der Waals surface area contributed by atoms with E-state index in [9.17, 15) is 0 Å². The van der Waals surface area contributed by atoms with E-state index >= 15 is 0 Å². The molecule has 0 N–H and O–H groups in total. The van der Waals surface area contributed by atoms with Crippen molar-refractivity contribution in [3.8, 4) is 0 Å². The number of hydrogen-bond acceptors (Lipinski definition) is 1. The minimum absolute atomic E-state index is 0.696. The summed E-state index contributed by atoms with van der Waals surface area (Å²) in [5.74, 6) is 0. The van der Waals surface area contributed by atoms with Crippen molar-refractivity contribution in [2.75, 3.05) is 11.1 Å². The summed E-state index contributed by atoms with van der Waals surface area (Å²) in [5.41, 5.74) is 1.39. The first kappa shape index (κ1) is 10.3. The van der Waals surface area contributed by atoms with E-state index in [0.29, 0.717) is 0 Å². The molecule has 0 amide bonds. The first-order chi connectivity index (χ1) is 6.25. The van der Waals surface area contributed by atoms with Crippen LogP contribution in [0.25, 0.3) is 0 Å². The molecule has 0 aliphatic heterocycles. The highest BCUT2D eigenvalue weighted by Crippen LogP contribution is 2.14. The molecule has 0 atom stereocenters. The second kappa shape index (κ2) is 5.07. The van der Waals surface area contributed by atoms with E-state index in [1.807, 2.05) is 0 Å². The molecule has 13 heavy (non-hydrogen) atoms. The van der Waals surface area contributed by atoms with Crippen LogP contribution in [0.5, 0.6) is 0 Å². The Bertz CT molecular complexity index is 233. The number of rotatable bonds is 4. The third kappa shape index (κ3) is 2.88. The molecular weight excluding hydrogens is 174 g/mol. The van der Waals surface area contributed by atoms with E-state index in [1.165, 1.54) is 18.7 Å². The molecule has 0 fully saturated rings. The number of benzene rings is 1. The largest absolute Gasteiger partial charge is 0.401 e. The van der Waals surface area contributed by atoms with E-state index in [1.54, 1.807) is 0 Å². The van der Waals surface area contributed by atoms with E-state index < -0.39 is 8.96 Å². The Balaban J connectivity index is 2.76. The molecule has 0 aromatic heterocycles. The third-order valence-corrected chi connectivity index (χ3v) is 3.98. The topological polar surface area (TPSA) is 3.24 Å². The van der Waals surface area contributed by atoms with Gasteiger partial charge in [-0.1, -0.05) is 38.2 Å². The summed E-state index contributed by atoms with van der Waals surface area (Å²) in [4.78, 5) is 0. The summed E-state index contributed by atoms with van der Waals surface area (Å²) in [7, 11) is -0.696. The van der Waals surface area contributed by atoms with Crippen molar-refractivity contribution in [2.24, 2.45) is 0 Å². The first-order valence-electron chi connectivity index (χ1n) is 5.07. The normalized spacial score (nSPS) is 10.5. The van der Waals surface area contributed by atoms with Gasteiger partial charge in [-0.15, -0.1) is 0 Å². The molecular formula is C11H19NSi. The van der Waals surface area contributed by atoms with Gasteiger partial charge in [0.15, 0.2) is 0 Å². The maximum Gasteiger partial charge on any atom is 0.134 e. The lowest BCUT2D eigenvalue weighted by atomic mass is 10.3. The summed E-state index contributed by atoms with van der Waals surface area (Å²) in [6.07, 6.45) is 1.24. The van der Waals surface area contributed by atoms with Crippen LogP contribution in [0.3, 0.4) is 0 Å². The van der Waals surface area contributed by atoms with Crippen molar-refractivity contribution < 1.29 is 0 Å². The number of nitrogens with zero attached hydrogens (tertiary/aromatic N) is 1. The van der Waals surface area contributed by atoms with Crippen LogP contribution in [-0.4, -0.2) is 15.5 Å². The summed E-state index contributed by atoms with van der Waals surface area (Å²) in [5, 5.41) is 0. The molecule has 0 unspecified atom stereocenters. The molecule has 1 nitrogen and oxygen atoms in total. The summed E-state index contributed by atoms with van der Waals surface area (Å²) >= 11 is 0. The van der Waals surface area contributed by atoms with Gasteiger partial charge in [0.1, 0.15) is 8.96 Å². The molecule has 0 heterocycles. The average Bonchev–Trinajstić information content (AvgIpc) is 2.15. The molecule has 1 rings (SSSR count). The zero-order valence-electron chi connectivity index (χ0n) is 8.83. The van der Waals surface area contributed by atoms with Gasteiger partial charge < -0.3 is 4.57 Å². The first-order valence-corrected chi connectivity index (χ1v) is 7.90. The van der Waals surface area contributed by atoms with Gasteiger partial charge in [0, 0.05) is 12.2 Å². The molecule has 0 spiro atoms. The van der Waals surface area contributed by atoms with E-state index in [-0.39, 0.29) is 0 Å². The van der Waals surface area contributed by atoms with Gasteiger partial charge >= 0.3 is 0 Å². The Morgan fingerprint density at radius 3 is 2.23 bits per heavy atom. The average molecular weight is 193 g/mol. The molecule has 0 saturated carbocycles. The van der Waals surface area contributed by atoms with Gasteiger partial charge in [0.2, 0.25) is 0 Å². The molecule has 0 aliphatic rings. The van der Waals surface area contributed by atoms with Crippen molar-refractivity contribution in [1.82, 2.24) is 0 Å². The summed E-state index contributed by atoms with van der Waals surface area (Å²) < 4.78 is 2.57. The number of hydrogen-bond donors (Lipinski definition) is 0. The summed E-state index contributed by atoms with van der Waals surface area (Å²) in [6, 6.07) is 10.7. The van der Waals surface area contributed by atoms with Gasteiger partial charge in [-0.25, -0.2) is 0 Å². The lowest BCUT2D eigenvalue weighted by molar-refractivity contribution is 0.912. The molecule has 72 valence electrons. The monoisotopic (exact) mass is 193 g/mol. The molecule has 0 saturated heterocycles. The van der Waals surface area contributed by atoms with Crippen LogP contribution in [0.1, 0.15) is 13.3 Å². The highest BCUT2D eigenvalue weighted by Gasteiger charge is 2.08. The Morgan fingerprint density at radius 2 is 1.77 bits per heavy atom. The van der Waals surface area contributed by atoms with Crippen LogP contribution in [0.4, 0.5) is 5.69 Å². The van der Waals surface area contributed by atoms with Crippen LogP contribution in [0.15, 0.2) is 30.3 Å². The molecule has 2 heteroatoms. The fourth-order valence-electron chi connectivity index (χ4n) is 1.55. The van der Waals surface area contributed by atoms with E-state index in [4.69, 9.17) is 0 Å². The Morgan fingerprint density at radius 1 is 1.15 bits per heavy atom. The maximum absolute atomic E-state index is 2.57. The Kier molecular flexibility index (Phi) is 4.03. The fraction of sp³-hybridized carbons (Fsp3) is 0.455. The van der Waals surface area contributed by atoms with Crippen LogP contribution in [0, 0.1) is 0 Å². The van der Waals surface area contributed by atoms with Gasteiger partial charge in [0.05, 0.1) is 0 Å². The van der Waals surface area contributed by atoms with Crippen LogP contribution in [0.2, 0.25) is 13.1 Å². The van der Waals surface area contributed by atoms with Crippen molar-refractivity contribution in [3.63, 3.8) is 0 Å². The van der Waals surface area contributed by atoms with E-state index in [2.05, 4.69) is 54.9 Å². The van der Waals surface area contributed by atoms with Gasteiger partial charge in [-0.05, 0) is 18.6 Å². The standard InChI is InChI=1S/C11H19NSi/c1-4-10-12(13(2)3)11-8-6-5-7-9-11/h5-9,13H,4,10H2,1-3H3. The lowest BCUT2D eigenvalue weighted by Gasteiger charge is -2.28. The molecule has 0 radical (unpaired) electrons. The Hall–Kier alpha value is -0.763. The van der Waals surface area contributed by atoms with Crippen molar-refractivity contribution in [3.05, 3.63) is 30.3 Å². The minimum Gasteiger partial charge on any atom is -0.401 e. The smallest absolute Gasteiger partial charge is 0.134 e. The van der Waals surface area contributed by atoms with Gasteiger partial charge in [-0.3, -0.25) is 0 Å². The maximum atomic E-state index is 2.57. The number of para-hydroxylation sites is 1. The number of anilines is 1. The van der Waals surface area contributed by atoms with E-state index in [0.717, 1.165) is 0 Å². The summed E-state index contributed by atoms with van der Waals surface area (Å²) in [6.45, 7) is 8.20. The zero-order chi connectivity index (χ0) is 9.68. The van der Waals surface area contributed by atoms with Crippen LogP contribution < -0.4 is 4.57 Å². The zero-order valence-corrected chi connectivity index (χ0v) is 9.98. The van der Waals surface area contributed by atoms with Crippen molar-refractivity contribution in [1.29, 1.82) is 0 Å². The highest BCUT2D eigenvalue weighted by molar-refractivity contribution is 6.60. The van der Waals surface area contributed by atoms with Crippen LogP contribution in [-0.2, 0) is 0 Å².